The van der Waals surface area contributed by atoms with Gasteiger partial charge in [0.1, 0.15) is 5.82 Å². The molecule has 0 aliphatic rings. The summed E-state index contributed by atoms with van der Waals surface area (Å²) >= 11 is 2.96. The number of hydrogen-bond acceptors (Lipinski definition) is 1. The largest absolute Gasteiger partial charge is 0.416 e. The lowest BCUT2D eigenvalue weighted by Crippen LogP contribution is -2.14. The number of carbonyl (C=O) groups excluding carboxylic acids is 1. The molecule has 0 bridgehead atoms. The van der Waals surface area contributed by atoms with Gasteiger partial charge in [-0.1, -0.05) is 6.07 Å². The molecular weight excluding hydrogens is 354 g/mol. The van der Waals surface area contributed by atoms with Gasteiger partial charge in [0.25, 0.3) is 5.91 Å². The average Bonchev–Trinajstić information content (AvgIpc) is 2.42. The molecule has 0 saturated carbocycles. The second kappa shape index (κ2) is 5.85. The van der Waals surface area contributed by atoms with Crippen LogP contribution in [0.5, 0.6) is 0 Å². The van der Waals surface area contributed by atoms with E-state index in [-0.39, 0.29) is 15.7 Å². The molecule has 0 aliphatic carbocycles. The van der Waals surface area contributed by atoms with Crippen molar-refractivity contribution in [2.45, 2.75) is 6.18 Å². The van der Waals surface area contributed by atoms with Gasteiger partial charge in [-0.3, -0.25) is 4.79 Å². The Morgan fingerprint density at radius 2 is 1.81 bits per heavy atom. The Morgan fingerprint density at radius 3 is 2.43 bits per heavy atom. The van der Waals surface area contributed by atoms with Crippen LogP contribution in [0, 0.1) is 5.82 Å². The normalized spacial score (nSPS) is 11.3. The number of hydrogen-bond donors (Lipinski definition) is 1. The van der Waals surface area contributed by atoms with Crippen LogP contribution in [0.1, 0.15) is 15.9 Å². The average molecular weight is 362 g/mol. The van der Waals surface area contributed by atoms with Gasteiger partial charge in [0, 0.05) is 11.3 Å². The Bertz CT molecular complexity index is 685. The fourth-order valence-electron chi connectivity index (χ4n) is 1.61. The third kappa shape index (κ3) is 3.81. The van der Waals surface area contributed by atoms with Gasteiger partial charge in [0.15, 0.2) is 0 Å². The summed E-state index contributed by atoms with van der Waals surface area (Å²) in [5, 5.41) is 2.34. The summed E-state index contributed by atoms with van der Waals surface area (Å²) in [4.78, 5) is 11.9. The van der Waals surface area contributed by atoms with Gasteiger partial charge < -0.3 is 5.32 Å². The van der Waals surface area contributed by atoms with Crippen molar-refractivity contribution in [2.24, 2.45) is 0 Å². The number of anilines is 1. The maximum Gasteiger partial charge on any atom is 0.416 e. The molecule has 0 spiro atoms. The SMILES string of the molecule is O=C(Nc1ccc(Br)c(F)c1)c1cccc(C(F)(F)F)c1. The van der Waals surface area contributed by atoms with E-state index in [4.69, 9.17) is 0 Å². The highest BCUT2D eigenvalue weighted by molar-refractivity contribution is 9.10. The van der Waals surface area contributed by atoms with Crippen molar-refractivity contribution in [1.29, 1.82) is 0 Å². The first-order valence-corrected chi connectivity index (χ1v) is 6.50. The van der Waals surface area contributed by atoms with Gasteiger partial charge in [-0.05, 0) is 52.3 Å². The zero-order chi connectivity index (χ0) is 15.6. The molecular formula is C14H8BrF4NO. The number of benzene rings is 2. The van der Waals surface area contributed by atoms with Crippen LogP contribution < -0.4 is 5.32 Å². The fraction of sp³-hybridized carbons (Fsp3) is 0.0714. The van der Waals surface area contributed by atoms with Crippen LogP contribution in [0.4, 0.5) is 23.2 Å². The minimum Gasteiger partial charge on any atom is -0.322 e. The Hall–Kier alpha value is -1.89. The zero-order valence-electron chi connectivity index (χ0n) is 10.3. The topological polar surface area (TPSA) is 29.1 Å². The van der Waals surface area contributed by atoms with Crippen molar-refractivity contribution in [1.82, 2.24) is 0 Å². The maximum atomic E-state index is 13.3. The molecule has 21 heavy (non-hydrogen) atoms. The van der Waals surface area contributed by atoms with Crippen molar-refractivity contribution in [2.75, 3.05) is 5.32 Å². The first-order valence-electron chi connectivity index (χ1n) is 5.71. The highest BCUT2D eigenvalue weighted by Crippen LogP contribution is 2.29. The van der Waals surface area contributed by atoms with Gasteiger partial charge in [0.05, 0.1) is 10.0 Å². The van der Waals surface area contributed by atoms with E-state index in [0.717, 1.165) is 24.3 Å². The summed E-state index contributed by atoms with van der Waals surface area (Å²) in [6, 6.07) is 7.88. The fourth-order valence-corrected chi connectivity index (χ4v) is 1.86. The molecule has 0 fully saturated rings. The number of rotatable bonds is 2. The second-order valence-electron chi connectivity index (χ2n) is 4.16. The second-order valence-corrected chi connectivity index (χ2v) is 5.02. The predicted octanol–water partition coefficient (Wildman–Crippen LogP) is 4.86. The Kier molecular flexibility index (Phi) is 4.32. The van der Waals surface area contributed by atoms with E-state index < -0.39 is 23.5 Å². The van der Waals surface area contributed by atoms with Crippen molar-refractivity contribution >= 4 is 27.5 Å². The van der Waals surface area contributed by atoms with E-state index in [2.05, 4.69) is 21.2 Å². The molecule has 0 saturated heterocycles. The lowest BCUT2D eigenvalue weighted by atomic mass is 10.1. The molecule has 0 atom stereocenters. The molecule has 2 aromatic rings. The molecule has 0 radical (unpaired) electrons. The van der Waals surface area contributed by atoms with E-state index >= 15 is 0 Å². The maximum absolute atomic E-state index is 13.3. The third-order valence-corrected chi connectivity index (χ3v) is 3.27. The van der Waals surface area contributed by atoms with Gasteiger partial charge in [0.2, 0.25) is 0 Å². The molecule has 1 N–H and O–H groups in total. The quantitative estimate of drug-likeness (QED) is 0.760. The minimum absolute atomic E-state index is 0.151. The van der Waals surface area contributed by atoms with Crippen molar-refractivity contribution in [3.8, 4) is 0 Å². The molecule has 2 aromatic carbocycles. The van der Waals surface area contributed by atoms with Gasteiger partial charge in [-0.25, -0.2) is 4.39 Å². The summed E-state index contributed by atoms with van der Waals surface area (Å²) in [6.45, 7) is 0. The molecule has 7 heteroatoms. The summed E-state index contributed by atoms with van der Waals surface area (Å²) < 4.78 is 51.2. The molecule has 2 nitrogen and oxygen atoms in total. The first-order chi connectivity index (χ1) is 9.77. The summed E-state index contributed by atoms with van der Waals surface area (Å²) in [5.74, 6) is -1.33. The van der Waals surface area contributed by atoms with Crippen LogP contribution >= 0.6 is 15.9 Å². The Labute approximate surface area is 125 Å². The van der Waals surface area contributed by atoms with Crippen LogP contribution in [0.3, 0.4) is 0 Å². The summed E-state index contributed by atoms with van der Waals surface area (Å²) in [5.41, 5.74) is -0.927. The van der Waals surface area contributed by atoms with Crippen molar-refractivity contribution in [3.63, 3.8) is 0 Å². The number of alkyl halides is 3. The van der Waals surface area contributed by atoms with Crippen LogP contribution in [0.2, 0.25) is 0 Å². The van der Waals surface area contributed by atoms with Crippen LogP contribution in [-0.4, -0.2) is 5.91 Å². The zero-order valence-corrected chi connectivity index (χ0v) is 11.9. The number of nitrogens with one attached hydrogen (secondary N) is 1. The van der Waals surface area contributed by atoms with Gasteiger partial charge in [-0.2, -0.15) is 13.2 Å². The smallest absolute Gasteiger partial charge is 0.322 e. The van der Waals surface area contributed by atoms with E-state index in [9.17, 15) is 22.4 Å². The lowest BCUT2D eigenvalue weighted by Gasteiger charge is -2.09. The van der Waals surface area contributed by atoms with Gasteiger partial charge in [-0.15, -0.1) is 0 Å². The van der Waals surface area contributed by atoms with E-state index in [1.807, 2.05) is 0 Å². The predicted molar refractivity (Wildman–Crippen MR) is 73.5 cm³/mol. The monoisotopic (exact) mass is 361 g/mol. The number of amides is 1. The first kappa shape index (κ1) is 15.5. The standard InChI is InChI=1S/C14H8BrF4NO/c15-11-5-4-10(7-12(11)16)20-13(21)8-2-1-3-9(6-8)14(17,18)19/h1-7H,(H,20,21). The molecule has 1 amide bonds. The molecule has 0 heterocycles. The summed E-state index contributed by atoms with van der Waals surface area (Å²) in [7, 11) is 0. The third-order valence-electron chi connectivity index (χ3n) is 2.63. The van der Waals surface area contributed by atoms with Crippen LogP contribution in [0.15, 0.2) is 46.9 Å². The van der Waals surface area contributed by atoms with E-state index in [0.29, 0.717) is 0 Å². The molecule has 0 unspecified atom stereocenters. The molecule has 110 valence electrons. The highest BCUT2D eigenvalue weighted by atomic mass is 79.9. The number of carbonyl (C=O) groups is 1. The van der Waals surface area contributed by atoms with Crippen LogP contribution in [-0.2, 0) is 6.18 Å². The highest BCUT2D eigenvalue weighted by Gasteiger charge is 2.30. The molecule has 0 aliphatic heterocycles. The summed E-state index contributed by atoms with van der Waals surface area (Å²) in [6.07, 6.45) is -4.53. The van der Waals surface area contributed by atoms with Crippen LogP contribution in [0.25, 0.3) is 0 Å². The Morgan fingerprint density at radius 1 is 1.10 bits per heavy atom. The van der Waals surface area contributed by atoms with E-state index in [1.165, 1.54) is 18.2 Å². The molecule has 2 rings (SSSR count). The minimum atomic E-state index is -4.53. The van der Waals surface area contributed by atoms with Gasteiger partial charge >= 0.3 is 6.18 Å². The Balaban J connectivity index is 2.22. The van der Waals surface area contributed by atoms with Crippen molar-refractivity contribution < 1.29 is 22.4 Å². The number of halogens is 5. The van der Waals surface area contributed by atoms with Crippen molar-refractivity contribution in [3.05, 3.63) is 63.9 Å². The molecule has 0 aromatic heterocycles. The lowest BCUT2D eigenvalue weighted by molar-refractivity contribution is -0.137. The van der Waals surface area contributed by atoms with E-state index in [1.54, 1.807) is 0 Å².